The minimum Gasteiger partial charge on any atom is -0.501 e. The average molecular weight is 281 g/mol. The van der Waals surface area contributed by atoms with E-state index in [9.17, 15) is 23.1 Å². The molecule has 0 unspecified atom stereocenters. The number of hydrogen-bond donors (Lipinski definition) is 1. The molecule has 1 rings (SSSR count). The topological polar surface area (TPSA) is 77.9 Å². The van der Waals surface area contributed by atoms with Crippen LogP contribution in [0.25, 0.3) is 0 Å². The molecule has 0 atom stereocenters. The van der Waals surface area contributed by atoms with E-state index in [4.69, 9.17) is 0 Å². The van der Waals surface area contributed by atoms with Crippen LogP contribution in [0.2, 0.25) is 0 Å². The third-order valence-electron chi connectivity index (χ3n) is 1.83. The van der Waals surface area contributed by atoms with Crippen LogP contribution in [0.3, 0.4) is 0 Å². The summed E-state index contributed by atoms with van der Waals surface area (Å²) in [7, 11) is 1.06. The van der Waals surface area contributed by atoms with Crippen LogP contribution in [0.15, 0.2) is 6.07 Å². The highest BCUT2D eigenvalue weighted by Gasteiger charge is 2.34. The minimum absolute atomic E-state index is 0.0131. The highest BCUT2D eigenvalue weighted by molar-refractivity contribution is 5.88. The first kappa shape index (κ1) is 14.9. The van der Waals surface area contributed by atoms with Crippen molar-refractivity contribution in [3.63, 3.8) is 0 Å². The Bertz CT molecular complexity index is 475. The van der Waals surface area contributed by atoms with Crippen LogP contribution in [0.4, 0.5) is 13.2 Å². The number of nitrogens with zero attached hydrogens (tertiary/aromatic N) is 1. The molecule has 1 aromatic heterocycles. The monoisotopic (exact) mass is 281 g/mol. The Kier molecular flexibility index (Phi) is 4.41. The van der Waals surface area contributed by atoms with Crippen molar-refractivity contribution in [2.45, 2.75) is 13.3 Å². The number of esters is 1. The van der Waals surface area contributed by atoms with E-state index in [1.807, 2.05) is 0 Å². The predicted octanol–water partition coefficient (Wildman–Crippen LogP) is 1.87. The van der Waals surface area contributed by atoms with Gasteiger partial charge in [0.15, 0.2) is 11.4 Å². The first-order chi connectivity index (χ1) is 8.78. The Morgan fingerprint density at radius 1 is 1.47 bits per heavy atom. The summed E-state index contributed by atoms with van der Waals surface area (Å²) >= 11 is 0. The number of methoxy groups -OCH3 is 1. The molecular weight excluding hydrogens is 271 g/mol. The zero-order valence-electron chi connectivity index (χ0n) is 9.95. The SMILES string of the molecule is CCOC(=O)c1cc(OC(F)(F)F)c(O)c(OC)n1. The second-order valence-corrected chi connectivity index (χ2v) is 3.13. The van der Waals surface area contributed by atoms with Crippen molar-refractivity contribution in [3.05, 3.63) is 11.8 Å². The Morgan fingerprint density at radius 3 is 2.58 bits per heavy atom. The number of aromatic nitrogens is 1. The molecule has 0 aliphatic heterocycles. The molecule has 0 aromatic carbocycles. The summed E-state index contributed by atoms with van der Waals surface area (Å²) in [5, 5.41) is 9.42. The maximum absolute atomic E-state index is 12.1. The van der Waals surface area contributed by atoms with Crippen molar-refractivity contribution in [3.8, 4) is 17.4 Å². The fourth-order valence-corrected chi connectivity index (χ4v) is 1.15. The van der Waals surface area contributed by atoms with E-state index in [1.54, 1.807) is 0 Å². The van der Waals surface area contributed by atoms with Gasteiger partial charge in [-0.25, -0.2) is 9.78 Å². The molecule has 0 aliphatic carbocycles. The quantitative estimate of drug-likeness (QED) is 0.849. The van der Waals surface area contributed by atoms with Gasteiger partial charge in [-0.3, -0.25) is 0 Å². The number of hydrogen-bond acceptors (Lipinski definition) is 6. The number of carbonyl (C=O) groups excluding carboxylic acids is 1. The predicted molar refractivity (Wildman–Crippen MR) is 55.1 cm³/mol. The van der Waals surface area contributed by atoms with Crippen LogP contribution in [-0.2, 0) is 4.74 Å². The van der Waals surface area contributed by atoms with Crippen LogP contribution in [0.1, 0.15) is 17.4 Å². The maximum Gasteiger partial charge on any atom is 0.573 e. The minimum atomic E-state index is -5.03. The number of pyridine rings is 1. The zero-order valence-corrected chi connectivity index (χ0v) is 9.95. The summed E-state index contributed by atoms with van der Waals surface area (Å²) in [6.07, 6.45) is -5.03. The van der Waals surface area contributed by atoms with Crippen LogP contribution in [-0.4, -0.2) is 36.1 Å². The highest BCUT2D eigenvalue weighted by atomic mass is 19.4. The van der Waals surface area contributed by atoms with Gasteiger partial charge in [0, 0.05) is 6.07 Å². The van der Waals surface area contributed by atoms with Crippen molar-refractivity contribution >= 4 is 5.97 Å². The number of carbonyl (C=O) groups is 1. The van der Waals surface area contributed by atoms with Crippen molar-refractivity contribution in [2.75, 3.05) is 13.7 Å². The van der Waals surface area contributed by atoms with E-state index < -0.39 is 35.4 Å². The lowest BCUT2D eigenvalue weighted by atomic mass is 10.3. The Morgan fingerprint density at radius 2 is 2.11 bits per heavy atom. The van der Waals surface area contributed by atoms with E-state index >= 15 is 0 Å². The van der Waals surface area contributed by atoms with E-state index in [0.717, 1.165) is 7.11 Å². The zero-order chi connectivity index (χ0) is 14.6. The molecule has 0 radical (unpaired) electrons. The smallest absolute Gasteiger partial charge is 0.501 e. The Labute approximate surface area is 105 Å². The molecule has 0 saturated heterocycles. The lowest BCUT2D eigenvalue weighted by Gasteiger charge is -2.13. The van der Waals surface area contributed by atoms with Gasteiger partial charge in [-0.2, -0.15) is 0 Å². The molecule has 1 heterocycles. The molecule has 6 nitrogen and oxygen atoms in total. The molecule has 106 valence electrons. The molecule has 0 spiro atoms. The molecule has 19 heavy (non-hydrogen) atoms. The molecule has 0 amide bonds. The third-order valence-corrected chi connectivity index (χ3v) is 1.83. The van der Waals surface area contributed by atoms with Crippen molar-refractivity contribution in [1.82, 2.24) is 4.98 Å². The fraction of sp³-hybridized carbons (Fsp3) is 0.400. The summed E-state index contributed by atoms with van der Waals surface area (Å²) in [6.45, 7) is 1.53. The van der Waals surface area contributed by atoms with Gasteiger partial charge < -0.3 is 19.3 Å². The van der Waals surface area contributed by atoms with Gasteiger partial charge in [0.1, 0.15) is 0 Å². The number of ether oxygens (including phenoxy) is 3. The summed E-state index contributed by atoms with van der Waals surface area (Å²) < 4.78 is 49.1. The Hall–Kier alpha value is -2.19. The van der Waals surface area contributed by atoms with Crippen LogP contribution < -0.4 is 9.47 Å². The van der Waals surface area contributed by atoms with Crippen molar-refractivity contribution in [1.29, 1.82) is 0 Å². The normalized spacial score (nSPS) is 11.0. The van der Waals surface area contributed by atoms with Crippen molar-refractivity contribution < 1.29 is 37.3 Å². The highest BCUT2D eigenvalue weighted by Crippen LogP contribution is 2.38. The number of rotatable bonds is 4. The van der Waals surface area contributed by atoms with Gasteiger partial charge in [-0.15, -0.1) is 13.2 Å². The number of halogens is 3. The average Bonchev–Trinajstić information content (AvgIpc) is 2.30. The van der Waals surface area contributed by atoms with Gasteiger partial charge in [-0.05, 0) is 6.92 Å². The molecule has 1 N–H and O–H groups in total. The number of aromatic hydroxyl groups is 1. The van der Waals surface area contributed by atoms with Gasteiger partial charge in [0.05, 0.1) is 13.7 Å². The largest absolute Gasteiger partial charge is 0.573 e. The fourth-order valence-electron chi connectivity index (χ4n) is 1.15. The summed E-state index contributed by atoms with van der Waals surface area (Å²) in [6, 6.07) is 0.614. The summed E-state index contributed by atoms with van der Waals surface area (Å²) in [4.78, 5) is 14.9. The van der Waals surface area contributed by atoms with Crippen LogP contribution >= 0.6 is 0 Å². The second-order valence-electron chi connectivity index (χ2n) is 3.13. The van der Waals surface area contributed by atoms with Gasteiger partial charge in [0.2, 0.25) is 5.75 Å². The molecule has 0 saturated carbocycles. The number of alkyl halides is 3. The van der Waals surface area contributed by atoms with E-state index in [-0.39, 0.29) is 6.61 Å². The molecule has 0 bridgehead atoms. The summed E-state index contributed by atoms with van der Waals surface area (Å²) in [5.74, 6) is -3.51. The van der Waals surface area contributed by atoms with Gasteiger partial charge in [-0.1, -0.05) is 0 Å². The maximum atomic E-state index is 12.1. The standard InChI is InChI=1S/C10H10F3NO5/c1-3-18-9(16)5-4-6(19-10(11,12)13)7(15)8(14-5)17-2/h4,15H,3H2,1-2H3. The van der Waals surface area contributed by atoms with E-state index in [2.05, 4.69) is 19.2 Å². The van der Waals surface area contributed by atoms with E-state index in [0.29, 0.717) is 6.07 Å². The lowest BCUT2D eigenvalue weighted by molar-refractivity contribution is -0.275. The molecule has 0 aliphatic rings. The van der Waals surface area contributed by atoms with Crippen LogP contribution in [0.5, 0.6) is 17.4 Å². The molecule has 0 fully saturated rings. The molecule has 1 aromatic rings. The van der Waals surface area contributed by atoms with Crippen molar-refractivity contribution in [2.24, 2.45) is 0 Å². The van der Waals surface area contributed by atoms with Crippen LogP contribution in [0, 0.1) is 0 Å². The molecule has 9 heteroatoms. The first-order valence-corrected chi connectivity index (χ1v) is 4.99. The lowest BCUT2D eigenvalue weighted by Crippen LogP contribution is -2.18. The molecular formula is C10H10F3NO5. The Balaban J connectivity index is 3.22. The third kappa shape index (κ3) is 3.90. The van der Waals surface area contributed by atoms with Gasteiger partial charge in [0.25, 0.3) is 5.88 Å². The van der Waals surface area contributed by atoms with Gasteiger partial charge >= 0.3 is 12.3 Å². The first-order valence-electron chi connectivity index (χ1n) is 4.99. The van der Waals surface area contributed by atoms with E-state index in [1.165, 1.54) is 6.92 Å². The second kappa shape index (κ2) is 5.63. The summed E-state index contributed by atoms with van der Waals surface area (Å²) in [5.41, 5.74) is -0.476.